The second-order valence-corrected chi connectivity index (χ2v) is 7.29. The van der Waals surface area contributed by atoms with E-state index < -0.39 is 23.7 Å². The number of nitrogens with one attached hydrogen (secondary N) is 1. The summed E-state index contributed by atoms with van der Waals surface area (Å²) in [4.78, 5) is 38.1. The first-order valence-electron chi connectivity index (χ1n) is 9.55. The van der Waals surface area contributed by atoms with Gasteiger partial charge in [-0.1, -0.05) is 41.9 Å². The molecule has 0 aliphatic carbocycles. The molecule has 0 spiro atoms. The molecule has 1 aliphatic heterocycles. The van der Waals surface area contributed by atoms with Gasteiger partial charge >= 0.3 is 6.03 Å². The van der Waals surface area contributed by atoms with E-state index in [1.165, 1.54) is 18.2 Å². The lowest BCUT2D eigenvalue weighted by Crippen LogP contribution is -2.54. The number of barbiturate groups is 1. The lowest BCUT2D eigenvalue weighted by atomic mass is 10.1. The van der Waals surface area contributed by atoms with Crippen LogP contribution in [0.1, 0.15) is 11.1 Å². The Morgan fingerprint density at radius 2 is 1.62 bits per heavy atom. The number of rotatable bonds is 5. The van der Waals surface area contributed by atoms with Crippen LogP contribution in [0, 0.1) is 5.82 Å². The highest BCUT2D eigenvalue weighted by Gasteiger charge is 2.36. The minimum absolute atomic E-state index is 0.149. The molecule has 4 amide bonds. The minimum atomic E-state index is -0.896. The van der Waals surface area contributed by atoms with Gasteiger partial charge in [-0.25, -0.2) is 14.1 Å². The third-order valence-corrected chi connectivity index (χ3v) is 5.10. The van der Waals surface area contributed by atoms with E-state index in [2.05, 4.69) is 5.32 Å². The highest BCUT2D eigenvalue weighted by atomic mass is 35.5. The van der Waals surface area contributed by atoms with Gasteiger partial charge in [0.25, 0.3) is 11.8 Å². The van der Waals surface area contributed by atoms with Crippen LogP contribution in [0.3, 0.4) is 0 Å². The molecule has 1 fully saturated rings. The highest BCUT2D eigenvalue weighted by Crippen LogP contribution is 2.23. The summed E-state index contributed by atoms with van der Waals surface area (Å²) in [6, 6.07) is 18.0. The van der Waals surface area contributed by atoms with Gasteiger partial charge in [0, 0.05) is 10.6 Å². The van der Waals surface area contributed by atoms with Gasteiger partial charge in [-0.05, 0) is 54.1 Å². The van der Waals surface area contributed by atoms with Crippen LogP contribution in [-0.2, 0) is 16.2 Å². The standard InChI is InChI=1S/C24H16ClFN2O4/c25-21-4-2-1-3-16(21)14-32-19-11-5-15(6-12-19)13-20-22(29)27-24(31)28(23(20)30)18-9-7-17(26)8-10-18/h1-13H,14H2,(H,27,29,31)/b20-13+. The number of hydrogen-bond donors (Lipinski definition) is 1. The van der Waals surface area contributed by atoms with Gasteiger partial charge in [0.05, 0.1) is 5.69 Å². The molecule has 3 aromatic rings. The Balaban J connectivity index is 1.52. The summed E-state index contributed by atoms with van der Waals surface area (Å²) in [5.41, 5.74) is 1.33. The molecule has 0 unspecified atom stereocenters. The Morgan fingerprint density at radius 3 is 2.31 bits per heavy atom. The van der Waals surface area contributed by atoms with Crippen LogP contribution in [-0.4, -0.2) is 17.8 Å². The fraction of sp³-hybridized carbons (Fsp3) is 0.0417. The molecule has 1 N–H and O–H groups in total. The van der Waals surface area contributed by atoms with Crippen LogP contribution in [0.15, 0.2) is 78.4 Å². The molecule has 32 heavy (non-hydrogen) atoms. The van der Waals surface area contributed by atoms with Crippen LogP contribution in [0.5, 0.6) is 5.75 Å². The Kier molecular flexibility index (Phi) is 6.00. The number of carbonyl (C=O) groups excluding carboxylic acids is 3. The van der Waals surface area contributed by atoms with E-state index >= 15 is 0 Å². The molecule has 0 aromatic heterocycles. The van der Waals surface area contributed by atoms with Gasteiger partial charge in [0.2, 0.25) is 0 Å². The number of nitrogens with zero attached hydrogens (tertiary/aromatic N) is 1. The first kappa shape index (κ1) is 21.3. The summed E-state index contributed by atoms with van der Waals surface area (Å²) in [5, 5.41) is 2.73. The van der Waals surface area contributed by atoms with Crippen molar-refractivity contribution in [3.05, 3.63) is 100 Å². The van der Waals surface area contributed by atoms with E-state index in [1.54, 1.807) is 30.3 Å². The third kappa shape index (κ3) is 4.53. The Labute approximate surface area is 187 Å². The quantitative estimate of drug-likeness (QED) is 0.450. The molecule has 0 saturated carbocycles. The number of imide groups is 2. The number of anilines is 1. The van der Waals surface area contributed by atoms with E-state index in [9.17, 15) is 18.8 Å². The third-order valence-electron chi connectivity index (χ3n) is 4.73. The molecule has 1 aliphatic rings. The minimum Gasteiger partial charge on any atom is -0.489 e. The normalized spacial score (nSPS) is 15.1. The van der Waals surface area contributed by atoms with E-state index in [4.69, 9.17) is 16.3 Å². The molecule has 0 atom stereocenters. The van der Waals surface area contributed by atoms with Crippen molar-refractivity contribution in [2.45, 2.75) is 6.61 Å². The smallest absolute Gasteiger partial charge is 0.335 e. The predicted molar refractivity (Wildman–Crippen MR) is 118 cm³/mol. The van der Waals surface area contributed by atoms with Crippen molar-refractivity contribution >= 4 is 41.2 Å². The molecule has 8 heteroatoms. The zero-order chi connectivity index (χ0) is 22.7. The van der Waals surface area contributed by atoms with Crippen molar-refractivity contribution in [3.8, 4) is 5.75 Å². The van der Waals surface area contributed by atoms with E-state index in [-0.39, 0.29) is 17.9 Å². The molecule has 160 valence electrons. The summed E-state index contributed by atoms with van der Waals surface area (Å²) in [5.74, 6) is -1.54. The molecule has 1 saturated heterocycles. The molecular weight excluding hydrogens is 435 g/mol. The summed E-state index contributed by atoms with van der Waals surface area (Å²) in [6.07, 6.45) is 1.37. The van der Waals surface area contributed by atoms with Gasteiger partial charge in [0.1, 0.15) is 23.7 Å². The molecule has 0 radical (unpaired) electrons. The number of amides is 4. The van der Waals surface area contributed by atoms with Crippen LogP contribution in [0.2, 0.25) is 5.02 Å². The molecule has 1 heterocycles. The predicted octanol–water partition coefficient (Wildman–Crippen LogP) is 4.72. The largest absolute Gasteiger partial charge is 0.489 e. The number of urea groups is 1. The highest BCUT2D eigenvalue weighted by molar-refractivity contribution is 6.39. The monoisotopic (exact) mass is 450 g/mol. The maximum Gasteiger partial charge on any atom is 0.335 e. The second-order valence-electron chi connectivity index (χ2n) is 6.88. The number of carbonyl (C=O) groups is 3. The van der Waals surface area contributed by atoms with Crippen molar-refractivity contribution in [2.75, 3.05) is 4.90 Å². The van der Waals surface area contributed by atoms with Crippen molar-refractivity contribution < 1.29 is 23.5 Å². The van der Waals surface area contributed by atoms with Crippen LogP contribution >= 0.6 is 11.6 Å². The summed E-state index contributed by atoms with van der Waals surface area (Å²) in [6.45, 7) is 0.287. The molecular formula is C24H16ClFN2O4. The van der Waals surface area contributed by atoms with Crippen LogP contribution < -0.4 is 15.0 Å². The second kappa shape index (κ2) is 9.03. The average Bonchev–Trinajstić information content (AvgIpc) is 2.78. The zero-order valence-corrected chi connectivity index (χ0v) is 17.3. The van der Waals surface area contributed by atoms with Crippen molar-refractivity contribution in [1.29, 1.82) is 0 Å². The van der Waals surface area contributed by atoms with Crippen LogP contribution in [0.4, 0.5) is 14.9 Å². The summed E-state index contributed by atoms with van der Waals surface area (Å²) in [7, 11) is 0. The van der Waals surface area contributed by atoms with E-state index in [1.807, 2.05) is 18.2 Å². The van der Waals surface area contributed by atoms with Gasteiger partial charge in [-0.15, -0.1) is 0 Å². The van der Waals surface area contributed by atoms with Crippen molar-refractivity contribution in [1.82, 2.24) is 5.32 Å². The molecule has 3 aromatic carbocycles. The Bertz CT molecular complexity index is 1220. The van der Waals surface area contributed by atoms with Gasteiger partial charge < -0.3 is 4.74 Å². The number of ether oxygens (including phenoxy) is 1. The maximum atomic E-state index is 13.2. The number of hydrogen-bond acceptors (Lipinski definition) is 4. The topological polar surface area (TPSA) is 75.7 Å². The molecule has 0 bridgehead atoms. The van der Waals surface area contributed by atoms with Crippen molar-refractivity contribution in [3.63, 3.8) is 0 Å². The van der Waals surface area contributed by atoms with Crippen LogP contribution in [0.25, 0.3) is 6.08 Å². The Hall–Kier alpha value is -3.97. The lowest BCUT2D eigenvalue weighted by Gasteiger charge is -2.26. The van der Waals surface area contributed by atoms with Gasteiger partial charge in [-0.3, -0.25) is 14.9 Å². The maximum absolute atomic E-state index is 13.2. The Morgan fingerprint density at radius 1 is 0.938 bits per heavy atom. The van der Waals surface area contributed by atoms with Gasteiger partial charge in [-0.2, -0.15) is 0 Å². The van der Waals surface area contributed by atoms with E-state index in [0.29, 0.717) is 16.3 Å². The fourth-order valence-corrected chi connectivity index (χ4v) is 3.28. The first-order valence-corrected chi connectivity index (χ1v) is 9.93. The van der Waals surface area contributed by atoms with Crippen molar-refractivity contribution in [2.24, 2.45) is 0 Å². The average molecular weight is 451 g/mol. The SMILES string of the molecule is O=C1NC(=O)N(c2ccc(F)cc2)C(=O)/C1=C/c1ccc(OCc2ccccc2Cl)cc1. The zero-order valence-electron chi connectivity index (χ0n) is 16.5. The van der Waals surface area contributed by atoms with Gasteiger partial charge in [0.15, 0.2) is 0 Å². The number of halogens is 2. The summed E-state index contributed by atoms with van der Waals surface area (Å²) < 4.78 is 18.9. The molecule has 4 rings (SSSR count). The first-order chi connectivity index (χ1) is 15.4. The summed E-state index contributed by atoms with van der Waals surface area (Å²) >= 11 is 6.12. The number of benzene rings is 3. The fourth-order valence-electron chi connectivity index (χ4n) is 3.09. The molecule has 6 nitrogen and oxygen atoms in total. The van der Waals surface area contributed by atoms with E-state index in [0.717, 1.165) is 22.6 Å². The lowest BCUT2D eigenvalue weighted by molar-refractivity contribution is -0.122.